The molecule has 0 aliphatic rings. The summed E-state index contributed by atoms with van der Waals surface area (Å²) in [5.41, 5.74) is 0. The molecule has 0 fully saturated rings. The van der Waals surface area contributed by atoms with Gasteiger partial charge in [0, 0.05) is 19.3 Å². The molecule has 0 saturated carbocycles. The van der Waals surface area contributed by atoms with Crippen molar-refractivity contribution in [3.63, 3.8) is 0 Å². The summed E-state index contributed by atoms with van der Waals surface area (Å²) in [7, 11) is 0. The van der Waals surface area contributed by atoms with Crippen molar-refractivity contribution in [1.29, 1.82) is 0 Å². The number of ether oxygens (including phenoxy) is 3. The van der Waals surface area contributed by atoms with Crippen LogP contribution < -0.4 is 0 Å². The van der Waals surface area contributed by atoms with Crippen LogP contribution in [0.15, 0.2) is 85.1 Å². The fraction of sp³-hybridized carbons (Fsp3) is 0.773. The van der Waals surface area contributed by atoms with Crippen LogP contribution in [0.5, 0.6) is 0 Å². The molecule has 0 rings (SSSR count). The van der Waals surface area contributed by atoms with Crippen LogP contribution in [0, 0.1) is 0 Å². The predicted molar refractivity (Wildman–Crippen MR) is 353 cm³/mol. The summed E-state index contributed by atoms with van der Waals surface area (Å²) in [4.78, 5) is 38.5. The summed E-state index contributed by atoms with van der Waals surface area (Å²) < 4.78 is 17.0. The van der Waals surface area contributed by atoms with E-state index in [9.17, 15) is 14.4 Å². The molecule has 0 heterocycles. The number of unbranched alkanes of at least 4 members (excludes halogenated alkanes) is 39. The Balaban J connectivity index is 4.35. The largest absolute Gasteiger partial charge is 0.462 e. The van der Waals surface area contributed by atoms with Gasteiger partial charge in [-0.25, -0.2) is 0 Å². The van der Waals surface area contributed by atoms with Gasteiger partial charge >= 0.3 is 17.9 Å². The van der Waals surface area contributed by atoms with Gasteiger partial charge in [0.25, 0.3) is 0 Å². The quantitative estimate of drug-likeness (QED) is 0.0261. The van der Waals surface area contributed by atoms with Crippen molar-refractivity contribution in [3.8, 4) is 0 Å². The Hall–Kier alpha value is -3.41. The molecule has 0 amide bonds. The van der Waals surface area contributed by atoms with E-state index in [1.165, 1.54) is 205 Å². The predicted octanol–water partition coefficient (Wildman–Crippen LogP) is 24.2. The lowest BCUT2D eigenvalue weighted by atomic mass is 10.0. The second kappa shape index (κ2) is 69.1. The fourth-order valence-corrected chi connectivity index (χ4v) is 10.2. The van der Waals surface area contributed by atoms with E-state index < -0.39 is 6.10 Å². The molecule has 0 aromatic rings. The average Bonchev–Trinajstić information content (AvgIpc) is 3.47. The van der Waals surface area contributed by atoms with Crippen LogP contribution in [0.3, 0.4) is 0 Å². The normalized spacial score (nSPS) is 12.6. The number of allylic oxidation sites excluding steroid dienone is 14. The molecular weight excluding hydrogens is 997 g/mol. The first-order chi connectivity index (χ1) is 40.0. The topological polar surface area (TPSA) is 78.9 Å². The highest BCUT2D eigenvalue weighted by atomic mass is 16.6. The van der Waals surface area contributed by atoms with Gasteiger partial charge in [-0.1, -0.05) is 324 Å². The van der Waals surface area contributed by atoms with Crippen LogP contribution in [0.25, 0.3) is 0 Å². The van der Waals surface area contributed by atoms with E-state index >= 15 is 0 Å². The Morgan fingerprint density at radius 2 is 0.481 bits per heavy atom. The third kappa shape index (κ3) is 67.3. The minimum atomic E-state index is -0.784. The lowest BCUT2D eigenvalue weighted by molar-refractivity contribution is -0.167. The number of esters is 3. The highest BCUT2D eigenvalue weighted by molar-refractivity contribution is 5.71. The Morgan fingerprint density at radius 3 is 0.765 bits per heavy atom. The van der Waals surface area contributed by atoms with E-state index in [0.717, 1.165) is 109 Å². The molecule has 0 spiro atoms. The molecule has 6 heteroatoms. The molecule has 81 heavy (non-hydrogen) atoms. The van der Waals surface area contributed by atoms with Crippen molar-refractivity contribution in [2.24, 2.45) is 0 Å². The molecule has 0 radical (unpaired) electrons. The smallest absolute Gasteiger partial charge is 0.306 e. The average molecular weight is 1130 g/mol. The first-order valence-corrected chi connectivity index (χ1v) is 35.1. The maximum atomic E-state index is 13.0. The van der Waals surface area contributed by atoms with Gasteiger partial charge in [0.05, 0.1) is 0 Å². The summed E-state index contributed by atoms with van der Waals surface area (Å²) in [6.45, 7) is 6.56. The van der Waals surface area contributed by atoms with Crippen LogP contribution >= 0.6 is 0 Å². The molecule has 0 aromatic heterocycles. The molecule has 6 nitrogen and oxygen atoms in total. The lowest BCUT2D eigenvalue weighted by Gasteiger charge is -2.18. The van der Waals surface area contributed by atoms with Crippen LogP contribution in [0.4, 0.5) is 0 Å². The highest BCUT2D eigenvalue weighted by Crippen LogP contribution is 2.17. The minimum absolute atomic E-state index is 0.0797. The van der Waals surface area contributed by atoms with Crippen molar-refractivity contribution < 1.29 is 28.6 Å². The summed E-state index contributed by atoms with van der Waals surface area (Å²) in [5.74, 6) is -0.875. The molecular formula is C75H132O6. The van der Waals surface area contributed by atoms with Crippen molar-refractivity contribution >= 4 is 17.9 Å². The Kier molecular flexibility index (Phi) is 66.2. The fourth-order valence-electron chi connectivity index (χ4n) is 10.2. The van der Waals surface area contributed by atoms with Gasteiger partial charge in [0.1, 0.15) is 13.2 Å². The molecule has 0 saturated heterocycles. The molecule has 1 unspecified atom stereocenters. The zero-order chi connectivity index (χ0) is 58.5. The van der Waals surface area contributed by atoms with Gasteiger partial charge in [-0.2, -0.15) is 0 Å². The molecule has 0 aromatic carbocycles. The summed E-state index contributed by atoms with van der Waals surface area (Å²) in [6.07, 6.45) is 91.7. The van der Waals surface area contributed by atoms with Crippen molar-refractivity contribution in [2.75, 3.05) is 13.2 Å². The lowest BCUT2D eigenvalue weighted by Crippen LogP contribution is -2.30. The number of hydrogen-bond acceptors (Lipinski definition) is 6. The molecule has 0 aliphatic heterocycles. The number of rotatable bonds is 64. The van der Waals surface area contributed by atoms with Crippen molar-refractivity contribution in [1.82, 2.24) is 0 Å². The third-order valence-corrected chi connectivity index (χ3v) is 15.4. The SMILES string of the molecule is CC/C=C\C/C=C\C/C=C\C/C=C\C/C=C\C/C=C\CCCCCCCCCCC(=O)OCC(COC(=O)CCCCCCC/C=C\CCCCCCCCC)OC(=O)CCCCCCCCCCCCCCCCCCCCCC. The van der Waals surface area contributed by atoms with Crippen LogP contribution in [-0.2, 0) is 28.6 Å². The minimum Gasteiger partial charge on any atom is -0.462 e. The van der Waals surface area contributed by atoms with Gasteiger partial charge in [0.2, 0.25) is 0 Å². The van der Waals surface area contributed by atoms with Crippen LogP contribution in [-0.4, -0.2) is 37.2 Å². The number of hydrogen-bond donors (Lipinski definition) is 0. The van der Waals surface area contributed by atoms with E-state index in [-0.39, 0.29) is 31.1 Å². The van der Waals surface area contributed by atoms with Gasteiger partial charge in [0.15, 0.2) is 6.10 Å². The van der Waals surface area contributed by atoms with Gasteiger partial charge in [-0.3, -0.25) is 14.4 Å². The first kappa shape index (κ1) is 77.6. The van der Waals surface area contributed by atoms with Crippen molar-refractivity contribution in [3.05, 3.63) is 85.1 Å². The van der Waals surface area contributed by atoms with E-state index in [4.69, 9.17) is 14.2 Å². The van der Waals surface area contributed by atoms with Crippen molar-refractivity contribution in [2.45, 2.75) is 361 Å². The zero-order valence-corrected chi connectivity index (χ0v) is 53.8. The zero-order valence-electron chi connectivity index (χ0n) is 53.8. The Labute approximate surface area is 503 Å². The number of carbonyl (C=O) groups is 3. The van der Waals surface area contributed by atoms with Gasteiger partial charge in [-0.05, 0) is 96.3 Å². The van der Waals surface area contributed by atoms with Gasteiger partial charge < -0.3 is 14.2 Å². The van der Waals surface area contributed by atoms with E-state index in [1.54, 1.807) is 0 Å². The van der Waals surface area contributed by atoms with Crippen LogP contribution in [0.1, 0.15) is 355 Å². The van der Waals surface area contributed by atoms with Gasteiger partial charge in [-0.15, -0.1) is 0 Å². The number of carbonyl (C=O) groups excluding carboxylic acids is 3. The summed E-state index contributed by atoms with van der Waals surface area (Å²) >= 11 is 0. The Morgan fingerprint density at radius 1 is 0.259 bits per heavy atom. The monoisotopic (exact) mass is 1130 g/mol. The third-order valence-electron chi connectivity index (χ3n) is 15.4. The second-order valence-corrected chi connectivity index (χ2v) is 23.4. The molecule has 468 valence electrons. The molecule has 0 bridgehead atoms. The maximum Gasteiger partial charge on any atom is 0.306 e. The maximum absolute atomic E-state index is 13.0. The molecule has 0 N–H and O–H groups in total. The summed E-state index contributed by atoms with van der Waals surface area (Å²) in [5, 5.41) is 0. The first-order valence-electron chi connectivity index (χ1n) is 35.1. The molecule has 1 atom stereocenters. The van der Waals surface area contributed by atoms with Crippen LogP contribution in [0.2, 0.25) is 0 Å². The standard InChI is InChI=1S/C75H132O6/c1-4-7-10-13-16-19-22-25-28-31-33-35-36-37-38-39-40-41-43-44-47-50-53-56-59-62-65-68-74(77)80-71-72(70-79-73(76)67-64-61-58-55-52-49-46-30-27-24-21-18-15-12-9-6-3)81-75(78)69-66-63-60-57-54-51-48-45-42-34-32-29-26-23-20-17-14-11-8-5-2/h7,10,16,19,25,28,30,33,35,37-38,40-41,46,72H,4-6,8-9,11-15,17-18,20-24,26-27,29,31-32,34,36,39,42-45,47-71H2,1-3H3/b10-7-,19-16-,28-25-,35-33-,38-37-,41-40-,46-30-. The summed E-state index contributed by atoms with van der Waals surface area (Å²) in [6, 6.07) is 0. The van der Waals surface area contributed by atoms with E-state index in [2.05, 4.69) is 106 Å². The highest BCUT2D eigenvalue weighted by Gasteiger charge is 2.19. The van der Waals surface area contributed by atoms with E-state index in [1.807, 2.05) is 0 Å². The molecule has 0 aliphatic carbocycles. The Bertz CT molecular complexity index is 1530. The van der Waals surface area contributed by atoms with E-state index in [0.29, 0.717) is 19.3 Å². The second-order valence-electron chi connectivity index (χ2n) is 23.4.